The number of carbonyl (C=O) groups excluding carboxylic acids is 3. The molecular weight excluding hydrogens is 835 g/mol. The van der Waals surface area contributed by atoms with Crippen molar-refractivity contribution in [1.82, 2.24) is 5.06 Å². The predicted molar refractivity (Wildman–Crippen MR) is 218 cm³/mol. The molecular formula is C38H48N3O13S4+. The Labute approximate surface area is 342 Å². The highest BCUT2D eigenvalue weighted by Gasteiger charge is 2.43. The number of hydrogen-bond donors (Lipinski definition) is 3. The van der Waals surface area contributed by atoms with Crippen LogP contribution < -0.4 is 9.47 Å². The van der Waals surface area contributed by atoms with E-state index in [9.17, 15) is 53.3 Å². The number of amides is 2. The van der Waals surface area contributed by atoms with Gasteiger partial charge in [0.15, 0.2) is 6.54 Å². The van der Waals surface area contributed by atoms with Crippen molar-refractivity contribution in [2.45, 2.75) is 89.0 Å². The summed E-state index contributed by atoms with van der Waals surface area (Å²) in [6, 6.07) is 11.8. The monoisotopic (exact) mass is 882 g/mol. The Morgan fingerprint density at radius 2 is 1.55 bits per heavy atom. The number of imide groups is 1. The maximum atomic E-state index is 12.4. The second-order valence-electron chi connectivity index (χ2n) is 13.9. The van der Waals surface area contributed by atoms with Gasteiger partial charge in [0, 0.05) is 61.2 Å². The Hall–Kier alpha value is -4.31. The zero-order valence-electron chi connectivity index (χ0n) is 31.0. The fraction of sp³-hybridized carbons (Fsp3) is 0.421. The van der Waals surface area contributed by atoms with Gasteiger partial charge in [0.1, 0.15) is 4.70 Å². The molecule has 2 amide bonds. The molecule has 20 heteroatoms. The molecule has 58 heavy (non-hydrogen) atoms. The molecule has 16 nitrogen and oxygen atoms in total. The Bertz CT molecular complexity index is 2440. The molecule has 0 aliphatic carbocycles. The van der Waals surface area contributed by atoms with Crippen molar-refractivity contribution in [1.29, 1.82) is 0 Å². The third-order valence-corrected chi connectivity index (χ3v) is 13.3. The van der Waals surface area contributed by atoms with Gasteiger partial charge in [-0.15, -0.1) is 5.06 Å². The summed E-state index contributed by atoms with van der Waals surface area (Å²) in [6.07, 6.45) is 10.9. The van der Waals surface area contributed by atoms with E-state index in [2.05, 4.69) is 0 Å². The number of para-hydroxylation sites is 1. The first-order chi connectivity index (χ1) is 26.8. The fourth-order valence-electron chi connectivity index (χ4n) is 6.99. The molecule has 0 saturated carbocycles. The number of aryl methyl sites for hydroxylation is 1. The largest absolute Gasteiger partial charge is 0.344 e. The van der Waals surface area contributed by atoms with Crippen molar-refractivity contribution in [3.8, 4) is 0 Å². The number of aromatic nitrogens is 1. The van der Waals surface area contributed by atoms with Crippen molar-refractivity contribution in [3.05, 3.63) is 83.0 Å². The lowest BCUT2D eigenvalue weighted by atomic mass is 9.77. The maximum Gasteiger partial charge on any atom is 0.333 e. The van der Waals surface area contributed by atoms with Crippen LogP contribution in [0.15, 0.2) is 77.4 Å². The van der Waals surface area contributed by atoms with Crippen molar-refractivity contribution in [2.24, 2.45) is 0 Å². The van der Waals surface area contributed by atoms with Crippen LogP contribution in [0.1, 0.15) is 82.7 Å². The average molecular weight is 883 g/mol. The second-order valence-corrected chi connectivity index (χ2v) is 19.5. The molecule has 3 heterocycles. The minimum Gasteiger partial charge on any atom is -0.344 e. The zero-order chi connectivity index (χ0) is 41.6. The van der Waals surface area contributed by atoms with E-state index in [1.54, 1.807) is 18.2 Å². The summed E-state index contributed by atoms with van der Waals surface area (Å²) < 4.78 is 102. The summed E-state index contributed by atoms with van der Waals surface area (Å²) in [4.78, 5) is 42.5. The highest BCUT2D eigenvalue weighted by atomic mass is 32.2. The first-order valence-electron chi connectivity index (χ1n) is 18.1. The number of carbonyl (C=O) groups is 3. The van der Waals surface area contributed by atoms with E-state index in [4.69, 9.17) is 4.84 Å². The Morgan fingerprint density at radius 3 is 2.22 bits per heavy atom. The van der Waals surface area contributed by atoms with Gasteiger partial charge in [0.2, 0.25) is 5.52 Å². The molecule has 1 unspecified atom stereocenters. The zero-order valence-corrected chi connectivity index (χ0v) is 34.3. The highest BCUT2D eigenvalue weighted by molar-refractivity contribution is 7.86. The minimum absolute atomic E-state index is 0. The summed E-state index contributed by atoms with van der Waals surface area (Å²) in [5.74, 6) is -2.78. The van der Waals surface area contributed by atoms with Crippen molar-refractivity contribution >= 4 is 81.5 Å². The molecule has 1 fully saturated rings. The lowest BCUT2D eigenvalue weighted by molar-refractivity contribution is -0.668. The first-order valence-corrected chi connectivity index (χ1v) is 23.6. The summed E-state index contributed by atoms with van der Waals surface area (Å²) in [6.45, 7) is 2.37. The Kier molecular flexibility index (Phi) is 15.3. The number of hydrogen-bond acceptors (Lipinski definition) is 12. The van der Waals surface area contributed by atoms with E-state index in [0.717, 1.165) is 15.2 Å². The molecule has 5 rings (SSSR count). The molecule has 0 bridgehead atoms. The van der Waals surface area contributed by atoms with E-state index >= 15 is 0 Å². The van der Waals surface area contributed by atoms with E-state index < -0.39 is 59.3 Å². The molecule has 0 radical (unpaired) electrons. The normalized spacial score (nSPS) is 18.2. The van der Waals surface area contributed by atoms with Crippen LogP contribution in [-0.2, 0) is 61.5 Å². The van der Waals surface area contributed by atoms with Gasteiger partial charge in [-0.05, 0) is 62.1 Å². The number of allylic oxidation sites excluding steroid dienone is 5. The average Bonchev–Trinajstić information content (AvgIpc) is 3.71. The van der Waals surface area contributed by atoms with Gasteiger partial charge in [-0.3, -0.25) is 23.2 Å². The first kappa shape index (κ1) is 46.4. The quantitative estimate of drug-likeness (QED) is 0.0449. The molecule has 2 aliphatic heterocycles. The van der Waals surface area contributed by atoms with Gasteiger partial charge in [-0.25, -0.2) is 4.79 Å². The van der Waals surface area contributed by atoms with Crippen LogP contribution in [0.2, 0.25) is 0 Å². The number of nitrogens with zero attached hydrogens (tertiary/aromatic N) is 3. The molecule has 1 saturated heterocycles. The maximum absolute atomic E-state index is 12.4. The number of hydroxylamine groups is 2. The molecule has 1 atom stereocenters. The Morgan fingerprint density at radius 1 is 0.879 bits per heavy atom. The van der Waals surface area contributed by atoms with Crippen LogP contribution in [0.25, 0.3) is 16.3 Å². The smallest absolute Gasteiger partial charge is 0.333 e. The number of anilines is 1. The van der Waals surface area contributed by atoms with Crippen LogP contribution in [0, 0.1) is 0 Å². The van der Waals surface area contributed by atoms with Gasteiger partial charge >= 0.3 is 5.97 Å². The SMILES string of the molecule is C.CC1(CCCCCC(=O)ON2C(=O)CCC2=O)/C(=C/C=C/C=C/c2sc3ccccc3[n+]2CCCS(=O)(=O)O)N(CCCS(=O)(=O)O)c2ccc(S(=O)(=O)O)cc21. The predicted octanol–water partition coefficient (Wildman–Crippen LogP) is 5.42. The summed E-state index contributed by atoms with van der Waals surface area (Å²) in [5, 5.41) is 1.32. The van der Waals surface area contributed by atoms with Crippen molar-refractivity contribution in [3.63, 3.8) is 0 Å². The van der Waals surface area contributed by atoms with Gasteiger partial charge < -0.3 is 9.74 Å². The lowest BCUT2D eigenvalue weighted by Gasteiger charge is -2.30. The number of fused-ring (bicyclic) bond motifs is 2. The summed E-state index contributed by atoms with van der Waals surface area (Å²) >= 11 is 1.50. The third kappa shape index (κ3) is 11.9. The summed E-state index contributed by atoms with van der Waals surface area (Å²) in [5.41, 5.74) is 1.83. The fourth-order valence-corrected chi connectivity index (χ4v) is 9.59. The van der Waals surface area contributed by atoms with Crippen LogP contribution in [0.4, 0.5) is 5.69 Å². The van der Waals surface area contributed by atoms with Crippen LogP contribution in [0.5, 0.6) is 0 Å². The summed E-state index contributed by atoms with van der Waals surface area (Å²) in [7, 11) is -13.0. The second kappa shape index (κ2) is 19.2. The van der Waals surface area contributed by atoms with E-state index in [1.807, 2.05) is 52.8 Å². The van der Waals surface area contributed by atoms with E-state index in [1.165, 1.54) is 29.5 Å². The standard InChI is InChI=1S/C37H43N3O13S4.CH4/c1-37(21-9-3-6-16-36(43)53-40-33(41)19-20-34(40)42)28-26-27(57(50,51)52)17-18-29(28)38(22-10-24-55(44,45)46)32(37)14-4-2-5-15-35-39(23-11-25-56(47,48)49)30-12-7-8-13-31(30)54-35;/h2,4-5,7-8,12-15,17-18,26H,3,6,9-11,16,19-25H2,1H3,(H2-,44,45,46,47,48,49,50,51,52);1H4/p+1. The molecule has 316 valence electrons. The molecule has 1 aromatic heterocycles. The van der Waals surface area contributed by atoms with Crippen LogP contribution in [0.3, 0.4) is 0 Å². The van der Waals surface area contributed by atoms with Crippen LogP contribution >= 0.6 is 11.3 Å². The van der Waals surface area contributed by atoms with Gasteiger partial charge in [-0.2, -0.15) is 29.8 Å². The topological polar surface area (TPSA) is 234 Å². The number of unbranched alkanes of at least 4 members (excludes halogenated alkanes) is 2. The molecule has 2 aliphatic rings. The lowest BCUT2D eigenvalue weighted by Crippen LogP contribution is -2.35. The van der Waals surface area contributed by atoms with Gasteiger partial charge in [0.25, 0.3) is 47.2 Å². The Balaban J connectivity index is 0.00000744. The van der Waals surface area contributed by atoms with Gasteiger partial charge in [-0.1, -0.05) is 62.0 Å². The molecule has 3 aromatic rings. The minimum atomic E-state index is -4.60. The van der Waals surface area contributed by atoms with E-state index in [0.29, 0.717) is 54.2 Å². The van der Waals surface area contributed by atoms with Crippen molar-refractivity contribution < 1.29 is 62.7 Å². The number of benzene rings is 2. The molecule has 3 N–H and O–H groups in total. The number of rotatable bonds is 19. The van der Waals surface area contributed by atoms with Crippen LogP contribution in [-0.4, -0.2) is 79.8 Å². The number of thiazole rings is 1. The van der Waals surface area contributed by atoms with Gasteiger partial charge in [0.05, 0.1) is 16.4 Å². The molecule has 0 spiro atoms. The van der Waals surface area contributed by atoms with E-state index in [-0.39, 0.29) is 56.7 Å². The van der Waals surface area contributed by atoms with Crippen molar-refractivity contribution in [2.75, 3.05) is 23.0 Å². The highest BCUT2D eigenvalue weighted by Crippen LogP contribution is 2.51. The molecule has 2 aromatic carbocycles. The third-order valence-electron chi connectivity index (χ3n) is 9.68.